The first-order valence-corrected chi connectivity index (χ1v) is 9.63. The largest absolute Gasteiger partial charge is 0.312 e. The molecule has 0 spiro atoms. The number of anilines is 1. The zero-order chi connectivity index (χ0) is 16.0. The van der Waals surface area contributed by atoms with Gasteiger partial charge in [0.25, 0.3) is 5.91 Å². The highest BCUT2D eigenvalue weighted by molar-refractivity contribution is 7.16. The van der Waals surface area contributed by atoms with Crippen LogP contribution in [0.3, 0.4) is 0 Å². The van der Waals surface area contributed by atoms with Gasteiger partial charge in [-0.25, -0.2) is 4.98 Å². The lowest BCUT2D eigenvalue weighted by Crippen LogP contribution is -2.32. The highest BCUT2D eigenvalue weighted by Gasteiger charge is 2.52. The normalized spacial score (nSPS) is 23.3. The minimum Gasteiger partial charge on any atom is -0.312 e. The Morgan fingerprint density at radius 2 is 2.30 bits per heavy atom. The molecule has 2 aliphatic carbocycles. The van der Waals surface area contributed by atoms with E-state index in [2.05, 4.69) is 15.7 Å². The van der Waals surface area contributed by atoms with Crippen LogP contribution in [0.25, 0.3) is 0 Å². The summed E-state index contributed by atoms with van der Waals surface area (Å²) in [5.41, 5.74) is 9.43. The van der Waals surface area contributed by atoms with E-state index in [-0.39, 0.29) is 5.91 Å². The number of amides is 1. The van der Waals surface area contributed by atoms with E-state index in [1.165, 1.54) is 34.7 Å². The number of thiophene rings is 1. The summed E-state index contributed by atoms with van der Waals surface area (Å²) >= 11 is 2.97. The topological polar surface area (TPSA) is 68.8 Å². The fraction of sp³-hybridized carbons (Fsp3) is 0.500. The van der Waals surface area contributed by atoms with Crippen molar-refractivity contribution in [3.63, 3.8) is 0 Å². The average molecular weight is 347 g/mol. The zero-order valence-electron chi connectivity index (χ0n) is 12.9. The minimum absolute atomic E-state index is 0.0659. The lowest BCUT2D eigenvalue weighted by atomic mass is 9.93. The number of hydrogen-bond donors (Lipinski definition) is 2. The fourth-order valence-corrected chi connectivity index (χ4v) is 4.58. The van der Waals surface area contributed by atoms with E-state index < -0.39 is 0 Å². The number of aryl methyl sites for hydroxylation is 1. The van der Waals surface area contributed by atoms with E-state index in [4.69, 9.17) is 5.53 Å². The second-order valence-corrected chi connectivity index (χ2v) is 8.49. The molecular weight excluding hydrogens is 328 g/mol. The van der Waals surface area contributed by atoms with Gasteiger partial charge >= 0.3 is 0 Å². The summed E-state index contributed by atoms with van der Waals surface area (Å²) in [7, 11) is 0. The zero-order valence-corrected chi connectivity index (χ0v) is 14.5. The number of nitrogens with one attached hydrogen (secondary N) is 2. The lowest BCUT2D eigenvalue weighted by Gasteiger charge is -2.19. The molecule has 120 valence electrons. The minimum atomic E-state index is -0.0659. The van der Waals surface area contributed by atoms with Gasteiger partial charge in [-0.05, 0) is 30.4 Å². The van der Waals surface area contributed by atoms with E-state index in [0.29, 0.717) is 18.0 Å². The molecule has 2 N–H and O–H groups in total. The van der Waals surface area contributed by atoms with Crippen molar-refractivity contribution in [3.8, 4) is 0 Å². The summed E-state index contributed by atoms with van der Waals surface area (Å²) in [6, 6.07) is 2.80. The van der Waals surface area contributed by atoms with Crippen LogP contribution in [0.1, 0.15) is 51.8 Å². The van der Waals surface area contributed by atoms with Crippen LogP contribution in [0.15, 0.2) is 17.6 Å². The summed E-state index contributed by atoms with van der Waals surface area (Å²) in [6.45, 7) is 1.92. The number of hydrogen-bond acceptors (Lipinski definition) is 5. The van der Waals surface area contributed by atoms with E-state index in [0.717, 1.165) is 34.1 Å². The summed E-state index contributed by atoms with van der Waals surface area (Å²) in [4.78, 5) is 17.2. The Morgan fingerprint density at radius 3 is 2.96 bits per heavy atom. The van der Waals surface area contributed by atoms with Gasteiger partial charge in [-0.3, -0.25) is 4.79 Å². The van der Waals surface area contributed by atoms with Crippen LogP contribution in [0, 0.1) is 12.5 Å². The van der Waals surface area contributed by atoms with E-state index in [1.54, 1.807) is 6.20 Å². The maximum atomic E-state index is 12.3. The van der Waals surface area contributed by atoms with Crippen molar-refractivity contribution in [2.75, 3.05) is 5.32 Å². The first-order chi connectivity index (χ1) is 11.1. The number of thiazole rings is 1. The predicted molar refractivity (Wildman–Crippen MR) is 90.9 cm³/mol. The molecule has 2 aliphatic rings. The highest BCUT2D eigenvalue weighted by Crippen LogP contribution is 2.46. The molecule has 2 unspecified atom stereocenters. The molecule has 5 nitrogen and oxygen atoms in total. The van der Waals surface area contributed by atoms with Gasteiger partial charge < -0.3 is 5.32 Å². The van der Waals surface area contributed by atoms with Crippen molar-refractivity contribution in [2.24, 2.45) is 0 Å². The smallest absolute Gasteiger partial charge is 0.266 e. The van der Waals surface area contributed by atoms with Gasteiger partial charge in [0.2, 0.25) is 0 Å². The number of nitrogens with zero attached hydrogens (tertiary/aromatic N) is 2. The molecule has 4 rings (SSSR count). The molecule has 23 heavy (non-hydrogen) atoms. The van der Waals surface area contributed by atoms with Gasteiger partial charge in [-0.2, -0.15) is 0 Å². The quantitative estimate of drug-likeness (QED) is 0.628. The molecule has 7 heteroatoms. The average Bonchev–Trinajstić information content (AvgIpc) is 2.91. The Labute approximate surface area is 142 Å². The molecule has 0 aromatic carbocycles. The third kappa shape index (κ3) is 2.95. The molecule has 0 bridgehead atoms. The summed E-state index contributed by atoms with van der Waals surface area (Å²) in [5, 5.41) is 6.71. The van der Waals surface area contributed by atoms with Crippen molar-refractivity contribution in [1.29, 1.82) is 5.53 Å². The monoisotopic (exact) mass is 347 g/mol. The summed E-state index contributed by atoms with van der Waals surface area (Å²) in [6.07, 6.45) is 6.33. The number of carbonyl (C=O) groups is 1. The maximum absolute atomic E-state index is 12.3. The Bertz CT molecular complexity index is 762. The third-order valence-corrected chi connectivity index (χ3v) is 6.49. The van der Waals surface area contributed by atoms with Gasteiger partial charge in [0.1, 0.15) is 5.00 Å². The van der Waals surface area contributed by atoms with Gasteiger partial charge in [-0.1, -0.05) is 5.53 Å². The van der Waals surface area contributed by atoms with Crippen LogP contribution >= 0.6 is 22.7 Å². The van der Waals surface area contributed by atoms with Crippen LogP contribution in [0.4, 0.5) is 5.00 Å². The summed E-state index contributed by atoms with van der Waals surface area (Å²) in [5.74, 6) is 0.361. The number of rotatable bonds is 5. The van der Waals surface area contributed by atoms with Crippen LogP contribution < -0.4 is 5.32 Å². The van der Waals surface area contributed by atoms with E-state index in [9.17, 15) is 4.79 Å². The van der Waals surface area contributed by atoms with Crippen molar-refractivity contribution in [3.05, 3.63) is 33.1 Å². The molecule has 2 fully saturated rings. The third-order valence-electron chi connectivity index (χ3n) is 4.71. The van der Waals surface area contributed by atoms with Crippen molar-refractivity contribution >= 4 is 33.6 Å². The highest BCUT2D eigenvalue weighted by atomic mass is 32.1. The molecular formula is C16H19N4OS2+. The number of aromatic nitrogens is 1. The Morgan fingerprint density at radius 1 is 1.48 bits per heavy atom. The van der Waals surface area contributed by atoms with Gasteiger partial charge in [0, 0.05) is 19.3 Å². The SMILES string of the molecule is Cc1ncc(NC(=O)c2cc(C3CC3[N+](=N)C3CCC3)cs2)s1. The van der Waals surface area contributed by atoms with Crippen LogP contribution in [0.2, 0.25) is 0 Å². The lowest BCUT2D eigenvalue weighted by molar-refractivity contribution is -0.670. The van der Waals surface area contributed by atoms with Crippen molar-refractivity contribution in [2.45, 2.75) is 50.6 Å². The maximum Gasteiger partial charge on any atom is 0.266 e. The Balaban J connectivity index is 1.39. The molecule has 2 atom stereocenters. The van der Waals surface area contributed by atoms with Gasteiger partial charge in [0.15, 0.2) is 12.1 Å². The first kappa shape index (κ1) is 15.0. The Hall–Kier alpha value is -1.60. The molecule has 0 radical (unpaired) electrons. The van der Waals surface area contributed by atoms with Crippen LogP contribution in [-0.2, 0) is 0 Å². The van der Waals surface area contributed by atoms with Gasteiger partial charge in [-0.15, -0.1) is 27.4 Å². The van der Waals surface area contributed by atoms with E-state index in [1.807, 2.05) is 17.7 Å². The Kier molecular flexibility index (Phi) is 3.77. The summed E-state index contributed by atoms with van der Waals surface area (Å²) < 4.78 is 1.81. The van der Waals surface area contributed by atoms with Crippen LogP contribution in [0.5, 0.6) is 0 Å². The molecule has 1 amide bonds. The number of carbonyl (C=O) groups excluding carboxylic acids is 1. The van der Waals surface area contributed by atoms with Crippen molar-refractivity contribution < 1.29 is 9.49 Å². The fourth-order valence-electron chi connectivity index (χ4n) is 3.04. The molecule has 0 aliphatic heterocycles. The molecule has 2 saturated carbocycles. The van der Waals surface area contributed by atoms with Crippen LogP contribution in [-0.4, -0.2) is 27.7 Å². The van der Waals surface area contributed by atoms with Crippen molar-refractivity contribution in [1.82, 2.24) is 4.98 Å². The first-order valence-electron chi connectivity index (χ1n) is 7.93. The second-order valence-electron chi connectivity index (χ2n) is 6.34. The molecule has 0 saturated heterocycles. The predicted octanol–water partition coefficient (Wildman–Crippen LogP) is 4.22. The van der Waals surface area contributed by atoms with Gasteiger partial charge in [0.05, 0.1) is 22.0 Å². The molecule has 2 heterocycles. The molecule has 2 aromatic rings. The van der Waals surface area contributed by atoms with E-state index >= 15 is 0 Å². The molecule has 2 aromatic heterocycles. The standard InChI is InChI=1S/C16H18N4OS2/c1-9-18-7-15(23-9)19-16(21)14-5-10(8-22-14)12-6-13(12)20(17)11-3-2-4-11/h5,7-8,11-13,17H,2-4,6H2,1H3/p+1. The second kappa shape index (κ2) is 5.79.